The van der Waals surface area contributed by atoms with Gasteiger partial charge in [0.1, 0.15) is 23.7 Å². The summed E-state index contributed by atoms with van der Waals surface area (Å²) in [6, 6.07) is 17.7. The number of nitrogens with zero attached hydrogens (tertiary/aromatic N) is 1. The zero-order valence-electron chi connectivity index (χ0n) is 18.3. The highest BCUT2D eigenvalue weighted by Gasteiger charge is 2.12. The van der Waals surface area contributed by atoms with Crippen LogP contribution in [-0.2, 0) is 35.6 Å². The molecular weight excluding hydrogens is 531 g/mol. The summed E-state index contributed by atoms with van der Waals surface area (Å²) in [5, 5.41) is 4.43. The summed E-state index contributed by atoms with van der Waals surface area (Å²) in [5.41, 5.74) is 3.86. The number of fused-ring (bicyclic) bond motifs is 1. The van der Waals surface area contributed by atoms with Gasteiger partial charge in [-0.15, -0.1) is 0 Å². The van der Waals surface area contributed by atoms with E-state index in [0.717, 1.165) is 43.5 Å². The number of pyridine rings is 1. The number of carbonyl (C=O) groups excluding carboxylic acids is 1. The second-order valence-corrected chi connectivity index (χ2v) is 8.71. The summed E-state index contributed by atoms with van der Waals surface area (Å²) >= 11 is 2.29. The molecule has 0 aliphatic heterocycles. The number of hydrogen-bond acceptors (Lipinski definition) is 6. The molecule has 0 atom stereocenters. The fraction of sp³-hybridized carbons (Fsp3) is 0.231. The first-order valence-corrected chi connectivity index (χ1v) is 11.9. The SMILES string of the molecule is CCOC(=O)Cc1ccccc1OCc1cc(I)c2oc(CNCc3cccnc3)cc2c1. The van der Waals surface area contributed by atoms with Gasteiger partial charge in [-0.25, -0.2) is 0 Å². The smallest absolute Gasteiger partial charge is 0.310 e. The summed E-state index contributed by atoms with van der Waals surface area (Å²) in [6.45, 7) is 3.92. The van der Waals surface area contributed by atoms with Gasteiger partial charge in [0.05, 0.1) is 23.1 Å². The zero-order valence-corrected chi connectivity index (χ0v) is 20.5. The summed E-state index contributed by atoms with van der Waals surface area (Å²) in [7, 11) is 0. The van der Waals surface area contributed by atoms with E-state index in [1.54, 1.807) is 13.1 Å². The lowest BCUT2D eigenvalue weighted by Gasteiger charge is -2.11. The van der Waals surface area contributed by atoms with Crippen LogP contribution in [0, 0.1) is 3.57 Å². The van der Waals surface area contributed by atoms with Crippen LogP contribution >= 0.6 is 22.6 Å². The maximum absolute atomic E-state index is 11.9. The van der Waals surface area contributed by atoms with Crippen molar-refractivity contribution in [3.05, 3.63) is 93.0 Å². The maximum atomic E-state index is 11.9. The Morgan fingerprint density at radius 3 is 2.79 bits per heavy atom. The third-order valence-electron chi connectivity index (χ3n) is 5.04. The fourth-order valence-corrected chi connectivity index (χ4v) is 4.37. The first-order chi connectivity index (χ1) is 16.1. The minimum Gasteiger partial charge on any atom is -0.489 e. The molecule has 7 heteroatoms. The van der Waals surface area contributed by atoms with Crippen molar-refractivity contribution in [1.29, 1.82) is 0 Å². The standard InChI is InChI=1S/C26H25IN2O4/c1-2-31-25(30)13-20-7-3-4-8-24(20)32-17-19-10-21-12-22(33-26(21)23(27)11-19)16-29-15-18-6-5-9-28-14-18/h3-12,14,29H,2,13,15-17H2,1H3. The van der Waals surface area contributed by atoms with Crippen LogP contribution in [0.1, 0.15) is 29.4 Å². The second-order valence-electron chi connectivity index (χ2n) is 7.55. The number of esters is 1. The molecule has 4 rings (SSSR count). The Labute approximate surface area is 206 Å². The Bertz CT molecular complexity index is 1220. The van der Waals surface area contributed by atoms with Crippen LogP contribution in [0.5, 0.6) is 5.75 Å². The van der Waals surface area contributed by atoms with E-state index in [1.807, 2.05) is 42.6 Å². The first-order valence-electron chi connectivity index (χ1n) is 10.8. The molecule has 6 nitrogen and oxygen atoms in total. The normalized spacial score (nSPS) is 11.0. The lowest BCUT2D eigenvalue weighted by atomic mass is 10.1. The Balaban J connectivity index is 1.41. The van der Waals surface area contributed by atoms with Crippen LogP contribution in [0.15, 0.2) is 71.4 Å². The highest BCUT2D eigenvalue weighted by Crippen LogP contribution is 2.28. The molecule has 4 aromatic rings. The van der Waals surface area contributed by atoms with Gasteiger partial charge in [0.15, 0.2) is 0 Å². The molecule has 170 valence electrons. The molecule has 0 radical (unpaired) electrons. The highest BCUT2D eigenvalue weighted by atomic mass is 127. The van der Waals surface area contributed by atoms with Gasteiger partial charge in [-0.3, -0.25) is 9.78 Å². The van der Waals surface area contributed by atoms with Crippen LogP contribution in [0.25, 0.3) is 11.0 Å². The average molecular weight is 556 g/mol. The van der Waals surface area contributed by atoms with Gasteiger partial charge in [-0.1, -0.05) is 24.3 Å². The number of aromatic nitrogens is 1. The molecule has 0 saturated heterocycles. The monoisotopic (exact) mass is 556 g/mol. The fourth-order valence-electron chi connectivity index (χ4n) is 3.54. The van der Waals surface area contributed by atoms with Gasteiger partial charge in [-0.2, -0.15) is 0 Å². The Hall–Kier alpha value is -2.91. The number of nitrogens with one attached hydrogen (secondary N) is 1. The number of ether oxygens (including phenoxy) is 2. The van der Waals surface area contributed by atoms with Crippen molar-refractivity contribution in [2.24, 2.45) is 0 Å². The molecule has 0 bridgehead atoms. The quantitative estimate of drug-likeness (QED) is 0.208. The van der Waals surface area contributed by atoms with Crippen molar-refractivity contribution >= 4 is 39.5 Å². The maximum Gasteiger partial charge on any atom is 0.310 e. The van der Waals surface area contributed by atoms with Crippen molar-refractivity contribution in [2.45, 2.75) is 33.0 Å². The summed E-state index contributed by atoms with van der Waals surface area (Å²) in [5.74, 6) is 1.31. The molecule has 0 amide bonds. The molecule has 33 heavy (non-hydrogen) atoms. The van der Waals surface area contributed by atoms with Crippen molar-refractivity contribution in [3.8, 4) is 5.75 Å². The van der Waals surface area contributed by atoms with E-state index in [1.165, 1.54) is 0 Å². The number of benzene rings is 2. The van der Waals surface area contributed by atoms with Crippen LogP contribution < -0.4 is 10.1 Å². The van der Waals surface area contributed by atoms with Gasteiger partial charge in [0.2, 0.25) is 0 Å². The van der Waals surface area contributed by atoms with E-state index in [2.05, 4.69) is 51.1 Å². The van der Waals surface area contributed by atoms with Gasteiger partial charge >= 0.3 is 5.97 Å². The van der Waals surface area contributed by atoms with E-state index in [9.17, 15) is 4.79 Å². The predicted molar refractivity (Wildman–Crippen MR) is 135 cm³/mol. The molecule has 0 saturated carbocycles. The Kier molecular flexibility index (Phi) is 7.96. The lowest BCUT2D eigenvalue weighted by molar-refractivity contribution is -0.142. The Morgan fingerprint density at radius 1 is 1.09 bits per heavy atom. The molecule has 0 aliphatic rings. The van der Waals surface area contributed by atoms with E-state index in [-0.39, 0.29) is 12.4 Å². The van der Waals surface area contributed by atoms with Crippen LogP contribution in [0.3, 0.4) is 0 Å². The van der Waals surface area contributed by atoms with E-state index in [0.29, 0.717) is 25.5 Å². The number of carbonyl (C=O) groups is 1. The molecule has 0 aliphatic carbocycles. The molecular formula is C26H25IN2O4. The van der Waals surface area contributed by atoms with E-state index < -0.39 is 0 Å². The zero-order chi connectivity index (χ0) is 23.0. The minimum absolute atomic E-state index is 0.192. The topological polar surface area (TPSA) is 73.6 Å². The molecule has 2 aromatic carbocycles. The number of hydrogen-bond donors (Lipinski definition) is 1. The predicted octanol–water partition coefficient (Wildman–Crippen LogP) is 5.41. The molecule has 0 unspecified atom stereocenters. The highest BCUT2D eigenvalue weighted by molar-refractivity contribution is 14.1. The van der Waals surface area contributed by atoms with Crippen molar-refractivity contribution in [3.63, 3.8) is 0 Å². The minimum atomic E-state index is -0.257. The molecule has 2 heterocycles. The largest absolute Gasteiger partial charge is 0.489 e. The molecule has 2 aromatic heterocycles. The lowest BCUT2D eigenvalue weighted by Crippen LogP contribution is -2.12. The summed E-state index contributed by atoms with van der Waals surface area (Å²) in [6.07, 6.45) is 3.81. The van der Waals surface area contributed by atoms with E-state index >= 15 is 0 Å². The average Bonchev–Trinajstić information content (AvgIpc) is 3.23. The molecule has 0 fully saturated rings. The molecule has 0 spiro atoms. The van der Waals surface area contributed by atoms with Gasteiger partial charge < -0.3 is 19.2 Å². The van der Waals surface area contributed by atoms with Crippen LogP contribution in [0.4, 0.5) is 0 Å². The van der Waals surface area contributed by atoms with Crippen LogP contribution in [-0.4, -0.2) is 17.6 Å². The van der Waals surface area contributed by atoms with Crippen molar-refractivity contribution in [2.75, 3.05) is 6.61 Å². The van der Waals surface area contributed by atoms with Gasteiger partial charge in [-0.05, 0) is 71.0 Å². The van der Waals surface area contributed by atoms with E-state index in [4.69, 9.17) is 13.9 Å². The number of rotatable bonds is 10. The van der Waals surface area contributed by atoms with Gasteiger partial charge in [0, 0.05) is 29.9 Å². The Morgan fingerprint density at radius 2 is 1.97 bits per heavy atom. The van der Waals surface area contributed by atoms with Crippen LogP contribution in [0.2, 0.25) is 0 Å². The number of halogens is 1. The third-order valence-corrected chi connectivity index (χ3v) is 5.84. The second kappa shape index (κ2) is 11.3. The first kappa shape index (κ1) is 23.3. The summed E-state index contributed by atoms with van der Waals surface area (Å²) in [4.78, 5) is 16.0. The van der Waals surface area contributed by atoms with Crippen molar-refractivity contribution < 1.29 is 18.7 Å². The third kappa shape index (κ3) is 6.33. The number of para-hydroxylation sites is 1. The number of furan rings is 1. The summed E-state index contributed by atoms with van der Waals surface area (Å²) < 4.78 is 18.2. The van der Waals surface area contributed by atoms with Gasteiger partial charge in [0.25, 0.3) is 0 Å². The van der Waals surface area contributed by atoms with Crippen molar-refractivity contribution in [1.82, 2.24) is 10.3 Å². The molecule has 1 N–H and O–H groups in total.